The highest BCUT2D eigenvalue weighted by molar-refractivity contribution is 7.25. The molecule has 0 aliphatic carbocycles. The lowest BCUT2D eigenvalue weighted by Crippen LogP contribution is -2.45. The van der Waals surface area contributed by atoms with Crippen LogP contribution in [0.4, 0.5) is 0 Å². The summed E-state index contributed by atoms with van der Waals surface area (Å²) in [4.78, 5) is 0. The van der Waals surface area contributed by atoms with E-state index in [1.54, 1.807) is 0 Å². The third-order valence-electron chi connectivity index (χ3n) is 3.79. The van der Waals surface area contributed by atoms with E-state index in [4.69, 9.17) is 4.74 Å². The number of aryl methyl sites for hydroxylation is 2. The van der Waals surface area contributed by atoms with E-state index in [1.165, 1.54) is 4.50 Å². The first-order chi connectivity index (χ1) is 9.97. The van der Waals surface area contributed by atoms with E-state index in [2.05, 4.69) is 44.5 Å². The maximum Gasteiger partial charge on any atom is 0.136 e. The molecule has 1 heterocycles. The number of rotatable bonds is 6. The summed E-state index contributed by atoms with van der Waals surface area (Å²) in [5.74, 6) is 1.32. The van der Waals surface area contributed by atoms with Gasteiger partial charge in [-0.25, -0.2) is 0 Å². The second kappa shape index (κ2) is 6.67. The van der Waals surface area contributed by atoms with Crippen molar-refractivity contribution in [3.05, 3.63) is 40.8 Å². The lowest BCUT2D eigenvalue weighted by Gasteiger charge is -2.22. The van der Waals surface area contributed by atoms with Crippen molar-refractivity contribution in [2.75, 3.05) is 6.23 Å². The molecule has 2 nitrogen and oxygen atoms in total. The lowest BCUT2D eigenvalue weighted by atomic mass is 10.0. The van der Waals surface area contributed by atoms with Crippen molar-refractivity contribution in [3.8, 4) is 11.5 Å². The molecule has 0 spiro atoms. The van der Waals surface area contributed by atoms with Gasteiger partial charge in [-0.1, -0.05) is 39.1 Å². The second-order valence-electron chi connectivity index (χ2n) is 5.95. The SMILES string of the molecule is CCc1cc(OC[Si](C)(C)c2cccs2)cc(CC)c1O. The Labute approximate surface area is 132 Å². The smallest absolute Gasteiger partial charge is 0.136 e. The molecule has 0 saturated carbocycles. The van der Waals surface area contributed by atoms with Crippen LogP contribution in [0.25, 0.3) is 0 Å². The van der Waals surface area contributed by atoms with Gasteiger partial charge in [0.2, 0.25) is 0 Å². The number of benzene rings is 1. The van der Waals surface area contributed by atoms with E-state index >= 15 is 0 Å². The molecular weight excluding hydrogens is 296 g/mol. The second-order valence-corrected chi connectivity index (χ2v) is 11.9. The van der Waals surface area contributed by atoms with Gasteiger partial charge in [0, 0.05) is 0 Å². The normalized spacial score (nSPS) is 11.6. The molecule has 2 aromatic rings. The Morgan fingerprint density at radius 1 is 1.14 bits per heavy atom. The van der Waals surface area contributed by atoms with Crippen molar-refractivity contribution in [1.82, 2.24) is 0 Å². The lowest BCUT2D eigenvalue weighted by molar-refractivity contribution is 0.376. The highest BCUT2D eigenvalue weighted by atomic mass is 32.1. The molecule has 1 aromatic carbocycles. The van der Waals surface area contributed by atoms with E-state index in [0.29, 0.717) is 5.75 Å². The zero-order valence-electron chi connectivity index (χ0n) is 13.3. The summed E-state index contributed by atoms with van der Waals surface area (Å²) < 4.78 is 7.56. The number of phenolic OH excluding ortho intramolecular Hbond substituents is 1. The average Bonchev–Trinajstić information content (AvgIpc) is 3.01. The fourth-order valence-corrected chi connectivity index (χ4v) is 5.68. The molecule has 21 heavy (non-hydrogen) atoms. The van der Waals surface area contributed by atoms with Crippen LogP contribution in [-0.4, -0.2) is 19.4 Å². The fourth-order valence-electron chi connectivity index (χ4n) is 2.35. The van der Waals surface area contributed by atoms with Crippen LogP contribution < -0.4 is 9.24 Å². The summed E-state index contributed by atoms with van der Waals surface area (Å²) in [5.41, 5.74) is 1.94. The quantitative estimate of drug-likeness (QED) is 0.812. The summed E-state index contributed by atoms with van der Waals surface area (Å²) in [6.07, 6.45) is 2.41. The molecule has 114 valence electrons. The zero-order valence-corrected chi connectivity index (χ0v) is 15.1. The summed E-state index contributed by atoms with van der Waals surface area (Å²) in [7, 11) is -1.54. The first kappa shape index (κ1) is 16.1. The monoisotopic (exact) mass is 320 g/mol. The van der Waals surface area contributed by atoms with Crippen molar-refractivity contribution in [1.29, 1.82) is 0 Å². The molecule has 0 amide bonds. The fraction of sp³-hybridized carbons (Fsp3) is 0.412. The summed E-state index contributed by atoms with van der Waals surface area (Å²) >= 11 is 1.82. The minimum absolute atomic E-state index is 0.433. The summed E-state index contributed by atoms with van der Waals surface area (Å²) in [6, 6.07) is 8.28. The molecule has 0 aliphatic rings. The van der Waals surface area contributed by atoms with Crippen molar-refractivity contribution in [2.24, 2.45) is 0 Å². The van der Waals surface area contributed by atoms with Gasteiger partial charge in [-0.15, -0.1) is 0 Å². The van der Waals surface area contributed by atoms with Crippen molar-refractivity contribution in [3.63, 3.8) is 0 Å². The highest BCUT2D eigenvalue weighted by Crippen LogP contribution is 2.29. The molecule has 0 fully saturated rings. The van der Waals surface area contributed by atoms with Crippen LogP contribution in [0, 0.1) is 0 Å². The molecule has 1 N–H and O–H groups in total. The molecule has 0 saturated heterocycles. The Bertz CT molecular complexity index is 566. The predicted octanol–water partition coefficient (Wildman–Crippen LogP) is 4.11. The van der Waals surface area contributed by atoms with Crippen LogP contribution in [0.5, 0.6) is 11.5 Å². The van der Waals surface area contributed by atoms with E-state index in [-0.39, 0.29) is 0 Å². The van der Waals surface area contributed by atoms with Gasteiger partial charge in [0.05, 0.1) is 6.23 Å². The van der Waals surface area contributed by atoms with Crippen LogP contribution in [0.1, 0.15) is 25.0 Å². The summed E-state index contributed by atoms with van der Waals surface area (Å²) in [5, 5.41) is 12.3. The molecule has 1 aromatic heterocycles. The number of phenols is 1. The van der Waals surface area contributed by atoms with E-state index in [0.717, 1.165) is 35.9 Å². The topological polar surface area (TPSA) is 29.5 Å². The molecule has 0 radical (unpaired) electrons. The molecular formula is C17H24O2SSi. The van der Waals surface area contributed by atoms with Crippen molar-refractivity contribution in [2.45, 2.75) is 39.8 Å². The number of thiophene rings is 1. The minimum Gasteiger partial charge on any atom is -0.507 e. The minimum atomic E-state index is -1.54. The Morgan fingerprint density at radius 2 is 1.76 bits per heavy atom. The third kappa shape index (κ3) is 3.69. The maximum absolute atomic E-state index is 10.1. The molecule has 2 rings (SSSR count). The Balaban J connectivity index is 2.17. The number of hydrogen-bond donors (Lipinski definition) is 1. The van der Waals surface area contributed by atoms with Gasteiger partial charge in [0.1, 0.15) is 19.6 Å². The average molecular weight is 321 g/mol. The van der Waals surface area contributed by atoms with Gasteiger partial charge in [-0.2, -0.15) is 11.3 Å². The molecule has 0 aliphatic heterocycles. The zero-order chi connectivity index (χ0) is 15.5. The maximum atomic E-state index is 10.1. The molecule has 0 unspecified atom stereocenters. The van der Waals surface area contributed by atoms with Crippen LogP contribution >= 0.6 is 11.3 Å². The van der Waals surface area contributed by atoms with Crippen LogP contribution in [0.15, 0.2) is 29.6 Å². The van der Waals surface area contributed by atoms with E-state index < -0.39 is 8.07 Å². The van der Waals surface area contributed by atoms with Crippen molar-refractivity contribution < 1.29 is 9.84 Å². The molecule has 4 heteroatoms. The standard InChI is InChI=1S/C17H24O2SSi/c1-5-13-10-15(11-14(6-2)17(13)18)19-12-21(3,4)16-8-7-9-20-16/h7-11,18H,5-6,12H2,1-4H3. The Hall–Kier alpha value is -1.26. The first-order valence-corrected chi connectivity index (χ1v) is 11.6. The van der Waals surface area contributed by atoms with Gasteiger partial charge in [0.25, 0.3) is 0 Å². The van der Waals surface area contributed by atoms with E-state index in [1.807, 2.05) is 23.5 Å². The highest BCUT2D eigenvalue weighted by Gasteiger charge is 2.26. The summed E-state index contributed by atoms with van der Waals surface area (Å²) in [6.45, 7) is 8.78. The first-order valence-electron chi connectivity index (χ1n) is 7.49. The number of hydrogen-bond acceptors (Lipinski definition) is 3. The van der Waals surface area contributed by atoms with E-state index in [9.17, 15) is 5.11 Å². The van der Waals surface area contributed by atoms with Crippen LogP contribution in [-0.2, 0) is 12.8 Å². The third-order valence-corrected chi connectivity index (χ3v) is 8.85. The molecule has 0 atom stereocenters. The van der Waals surface area contributed by atoms with Gasteiger partial charge in [-0.3, -0.25) is 0 Å². The van der Waals surface area contributed by atoms with Gasteiger partial charge >= 0.3 is 0 Å². The van der Waals surface area contributed by atoms with Crippen molar-refractivity contribution >= 4 is 23.9 Å². The van der Waals surface area contributed by atoms with Crippen LogP contribution in [0.2, 0.25) is 13.1 Å². The van der Waals surface area contributed by atoms with Gasteiger partial charge in [-0.05, 0) is 46.0 Å². The largest absolute Gasteiger partial charge is 0.507 e. The van der Waals surface area contributed by atoms with Gasteiger partial charge < -0.3 is 9.84 Å². The number of aromatic hydroxyl groups is 1. The predicted molar refractivity (Wildman–Crippen MR) is 93.8 cm³/mol. The van der Waals surface area contributed by atoms with Gasteiger partial charge in [0.15, 0.2) is 0 Å². The molecule has 0 bridgehead atoms. The van der Waals surface area contributed by atoms with Crippen LogP contribution in [0.3, 0.4) is 0 Å². The number of ether oxygens (including phenoxy) is 1. The Kier molecular flexibility index (Phi) is 5.11. The Morgan fingerprint density at radius 3 is 2.24 bits per heavy atom.